The van der Waals surface area contributed by atoms with E-state index in [0.29, 0.717) is 29.4 Å². The highest BCUT2D eigenvalue weighted by Gasteiger charge is 2.18. The lowest BCUT2D eigenvalue weighted by molar-refractivity contribution is 0.102. The Balaban J connectivity index is 1.83. The Morgan fingerprint density at radius 1 is 1.14 bits per heavy atom. The van der Waals surface area contributed by atoms with Crippen molar-refractivity contribution in [2.45, 2.75) is 26.7 Å². The lowest BCUT2D eigenvalue weighted by Gasteiger charge is -2.09. The molecule has 1 amide bonds. The maximum absolute atomic E-state index is 12.6. The van der Waals surface area contributed by atoms with Gasteiger partial charge in [-0.15, -0.1) is 0 Å². The van der Waals surface area contributed by atoms with Crippen molar-refractivity contribution in [3.8, 4) is 17.0 Å². The molecule has 144 valence electrons. The second-order valence-electron chi connectivity index (χ2n) is 6.24. The average molecular weight is 377 g/mol. The summed E-state index contributed by atoms with van der Waals surface area (Å²) in [4.78, 5) is 12.6. The van der Waals surface area contributed by atoms with Crippen LogP contribution in [0, 0.1) is 0 Å². The monoisotopic (exact) mass is 377 g/mol. The quantitative estimate of drug-likeness (QED) is 0.577. The van der Waals surface area contributed by atoms with Crippen molar-refractivity contribution < 1.29 is 14.2 Å². The Morgan fingerprint density at radius 2 is 1.93 bits per heavy atom. The van der Waals surface area contributed by atoms with E-state index in [1.807, 2.05) is 0 Å². The molecule has 28 heavy (non-hydrogen) atoms. The van der Waals surface area contributed by atoms with Crippen molar-refractivity contribution in [2.24, 2.45) is 0 Å². The number of nitrogens with one attached hydrogen (secondary N) is 1. The van der Waals surface area contributed by atoms with Crippen LogP contribution in [0.2, 0.25) is 0 Å². The molecule has 0 bridgehead atoms. The van der Waals surface area contributed by atoms with Gasteiger partial charge in [-0.1, -0.05) is 38.6 Å². The third-order valence-electron chi connectivity index (χ3n) is 4.42. The first-order valence-corrected chi connectivity index (χ1v) is 9.26. The minimum absolute atomic E-state index is 0.295. The summed E-state index contributed by atoms with van der Waals surface area (Å²) in [5.41, 5.74) is 4.24. The van der Waals surface area contributed by atoms with Crippen molar-refractivity contribution in [1.82, 2.24) is 10.3 Å². The van der Waals surface area contributed by atoms with E-state index in [0.717, 1.165) is 24.0 Å². The number of aryl methyl sites for hydroxylation is 2. The number of amides is 1. The molecular formula is C22H23N3O3. The first-order chi connectivity index (χ1) is 13.7. The Morgan fingerprint density at radius 3 is 2.61 bits per heavy atom. The minimum Gasteiger partial charge on any atom is -0.490 e. The fourth-order valence-corrected chi connectivity index (χ4v) is 2.86. The van der Waals surface area contributed by atoms with Crippen LogP contribution in [-0.4, -0.2) is 22.8 Å². The molecule has 6 heteroatoms. The molecule has 0 saturated carbocycles. The van der Waals surface area contributed by atoms with Gasteiger partial charge in [-0.3, -0.25) is 4.79 Å². The van der Waals surface area contributed by atoms with Crippen molar-refractivity contribution in [3.63, 3.8) is 0 Å². The van der Waals surface area contributed by atoms with E-state index in [1.54, 1.807) is 30.3 Å². The normalized spacial score (nSPS) is 10.5. The Labute approximate surface area is 164 Å². The molecule has 1 heterocycles. The smallest absolute Gasteiger partial charge is 0.256 e. The molecule has 0 atom stereocenters. The molecule has 0 radical (unpaired) electrons. The van der Waals surface area contributed by atoms with E-state index in [4.69, 9.17) is 9.37 Å². The van der Waals surface area contributed by atoms with E-state index < -0.39 is 0 Å². The summed E-state index contributed by atoms with van der Waals surface area (Å²) in [6, 6.07) is 13.1. The molecule has 1 aromatic heterocycles. The summed E-state index contributed by atoms with van der Waals surface area (Å²) < 4.78 is 10.4. The Bertz CT molecular complexity index is 961. The number of aromatic nitrogens is 2. The number of rotatable bonds is 8. The Kier molecular flexibility index (Phi) is 6.22. The third-order valence-corrected chi connectivity index (χ3v) is 4.42. The first-order valence-electron chi connectivity index (χ1n) is 9.26. The molecular weight excluding hydrogens is 354 g/mol. The van der Waals surface area contributed by atoms with Gasteiger partial charge in [-0.2, -0.15) is 0 Å². The molecule has 1 N–H and O–H groups in total. The molecule has 2 aromatic carbocycles. The van der Waals surface area contributed by atoms with Crippen molar-refractivity contribution in [2.75, 3.05) is 11.9 Å². The highest BCUT2D eigenvalue weighted by molar-refractivity contribution is 6.05. The summed E-state index contributed by atoms with van der Waals surface area (Å²) in [6.07, 6.45) is 3.41. The molecule has 3 aromatic rings. The number of ether oxygens (including phenoxy) is 1. The molecule has 0 fully saturated rings. The highest BCUT2D eigenvalue weighted by atomic mass is 16.6. The number of hydrogen-bond acceptors (Lipinski definition) is 5. The van der Waals surface area contributed by atoms with Gasteiger partial charge in [-0.25, -0.2) is 4.63 Å². The summed E-state index contributed by atoms with van der Waals surface area (Å²) >= 11 is 0. The maximum atomic E-state index is 12.6. The van der Waals surface area contributed by atoms with Crippen molar-refractivity contribution >= 4 is 11.7 Å². The van der Waals surface area contributed by atoms with Gasteiger partial charge in [0.1, 0.15) is 12.4 Å². The molecule has 0 aliphatic heterocycles. The molecule has 0 aliphatic carbocycles. The zero-order valence-electron chi connectivity index (χ0n) is 16.1. The lowest BCUT2D eigenvalue weighted by Crippen LogP contribution is -2.13. The van der Waals surface area contributed by atoms with Gasteiger partial charge in [0, 0.05) is 11.1 Å². The van der Waals surface area contributed by atoms with Crippen LogP contribution in [-0.2, 0) is 12.8 Å². The summed E-state index contributed by atoms with van der Waals surface area (Å²) in [5.74, 6) is 0.682. The molecule has 0 saturated heterocycles. The van der Waals surface area contributed by atoms with Crippen LogP contribution in [0.3, 0.4) is 0 Å². The van der Waals surface area contributed by atoms with E-state index >= 15 is 0 Å². The van der Waals surface area contributed by atoms with Crippen LogP contribution in [0.25, 0.3) is 11.3 Å². The van der Waals surface area contributed by atoms with E-state index in [-0.39, 0.29) is 5.91 Å². The Hall–Kier alpha value is -3.41. The largest absolute Gasteiger partial charge is 0.490 e. The zero-order valence-corrected chi connectivity index (χ0v) is 16.1. The number of carbonyl (C=O) groups is 1. The minimum atomic E-state index is -0.295. The molecule has 0 aliphatic rings. The number of hydrogen-bond donors (Lipinski definition) is 1. The van der Waals surface area contributed by atoms with E-state index in [1.165, 1.54) is 5.56 Å². The molecule has 3 rings (SSSR count). The van der Waals surface area contributed by atoms with Crippen LogP contribution in [0.5, 0.6) is 5.75 Å². The molecule has 6 nitrogen and oxygen atoms in total. The highest BCUT2D eigenvalue weighted by Crippen LogP contribution is 2.29. The lowest BCUT2D eigenvalue weighted by atomic mass is 9.98. The summed E-state index contributed by atoms with van der Waals surface area (Å²) in [7, 11) is 0. The van der Waals surface area contributed by atoms with Gasteiger partial charge in [-0.05, 0) is 64.6 Å². The zero-order chi connectivity index (χ0) is 19.9. The maximum Gasteiger partial charge on any atom is 0.256 e. The predicted octanol–water partition coefficient (Wildman–Crippen LogP) is 4.68. The predicted molar refractivity (Wildman–Crippen MR) is 109 cm³/mol. The number of nitrogens with zero attached hydrogens (tertiary/aromatic N) is 2. The van der Waals surface area contributed by atoms with E-state index in [2.05, 4.69) is 54.3 Å². The van der Waals surface area contributed by atoms with Gasteiger partial charge in [0.25, 0.3) is 5.91 Å². The van der Waals surface area contributed by atoms with Gasteiger partial charge in [0.15, 0.2) is 5.69 Å². The first kappa shape index (κ1) is 19.4. The number of benzene rings is 2. The van der Waals surface area contributed by atoms with Gasteiger partial charge >= 0.3 is 0 Å². The van der Waals surface area contributed by atoms with Crippen LogP contribution in [0.15, 0.2) is 59.7 Å². The van der Waals surface area contributed by atoms with Gasteiger partial charge in [0.2, 0.25) is 5.82 Å². The van der Waals surface area contributed by atoms with Gasteiger partial charge < -0.3 is 10.1 Å². The topological polar surface area (TPSA) is 77.2 Å². The van der Waals surface area contributed by atoms with Crippen LogP contribution in [0.1, 0.15) is 35.3 Å². The van der Waals surface area contributed by atoms with Crippen LogP contribution < -0.4 is 10.1 Å². The fraction of sp³-hybridized carbons (Fsp3) is 0.227. The average Bonchev–Trinajstić information content (AvgIpc) is 3.19. The van der Waals surface area contributed by atoms with Crippen molar-refractivity contribution in [1.29, 1.82) is 0 Å². The summed E-state index contributed by atoms with van der Waals surface area (Å²) in [5, 5.41) is 10.7. The summed E-state index contributed by atoms with van der Waals surface area (Å²) in [6.45, 7) is 8.19. The fourth-order valence-electron chi connectivity index (χ4n) is 2.86. The molecule has 0 spiro atoms. The third kappa shape index (κ3) is 4.28. The standard InChI is InChI=1S/C22H23N3O3/c1-4-13-27-18-11-9-17(10-12-18)22(26)23-21-20(24-28-25-21)19-14-15(5-2)7-8-16(19)6-3/h4,7-12,14H,1,5-6,13H2,2-3H3,(H,23,25,26). The van der Waals surface area contributed by atoms with Gasteiger partial charge in [0.05, 0.1) is 0 Å². The number of anilines is 1. The second-order valence-corrected chi connectivity index (χ2v) is 6.24. The number of carbonyl (C=O) groups excluding carboxylic acids is 1. The van der Waals surface area contributed by atoms with Crippen LogP contribution in [0.4, 0.5) is 5.82 Å². The molecule has 0 unspecified atom stereocenters. The van der Waals surface area contributed by atoms with Crippen LogP contribution >= 0.6 is 0 Å². The van der Waals surface area contributed by atoms with Crippen molar-refractivity contribution in [3.05, 3.63) is 71.8 Å². The van der Waals surface area contributed by atoms with E-state index in [9.17, 15) is 4.79 Å². The second kappa shape index (κ2) is 8.99. The SMILES string of the molecule is C=CCOc1ccc(C(=O)Nc2nonc2-c2cc(CC)ccc2CC)cc1.